The van der Waals surface area contributed by atoms with Crippen molar-refractivity contribution in [2.24, 2.45) is 0 Å². The smallest absolute Gasteiger partial charge is 0.246 e. The van der Waals surface area contributed by atoms with E-state index in [0.717, 1.165) is 5.56 Å². The molecule has 0 unspecified atom stereocenters. The first-order valence-corrected chi connectivity index (χ1v) is 6.33. The van der Waals surface area contributed by atoms with Crippen LogP contribution in [0.5, 0.6) is 11.5 Å². The summed E-state index contributed by atoms with van der Waals surface area (Å²) in [6.07, 6.45) is 3.06. The van der Waals surface area contributed by atoms with Crippen molar-refractivity contribution < 1.29 is 24.5 Å². The second kappa shape index (κ2) is 6.93. The number of ether oxygens (including phenoxy) is 2. The van der Waals surface area contributed by atoms with Crippen molar-refractivity contribution in [1.29, 1.82) is 0 Å². The molecule has 0 radical (unpaired) electrons. The molecule has 1 amide bonds. The lowest BCUT2D eigenvalue weighted by molar-refractivity contribution is -0.126. The summed E-state index contributed by atoms with van der Waals surface area (Å²) in [6, 6.07) is 5.39. The van der Waals surface area contributed by atoms with E-state index in [1.165, 1.54) is 11.0 Å². The normalized spacial score (nSPS) is 12.9. The van der Waals surface area contributed by atoms with Crippen molar-refractivity contribution >= 4 is 12.0 Å². The van der Waals surface area contributed by atoms with Gasteiger partial charge in [-0.3, -0.25) is 4.79 Å². The van der Waals surface area contributed by atoms with E-state index in [4.69, 9.17) is 19.7 Å². The molecule has 1 aliphatic heterocycles. The number of fused-ring (bicyclic) bond motifs is 1. The zero-order valence-corrected chi connectivity index (χ0v) is 11.0. The Morgan fingerprint density at radius 1 is 1.20 bits per heavy atom. The fraction of sp³-hybridized carbons (Fsp3) is 0.357. The highest BCUT2D eigenvalue weighted by molar-refractivity contribution is 5.91. The van der Waals surface area contributed by atoms with E-state index in [9.17, 15) is 4.79 Å². The fourth-order valence-electron chi connectivity index (χ4n) is 1.86. The van der Waals surface area contributed by atoms with Gasteiger partial charge in [0, 0.05) is 19.2 Å². The van der Waals surface area contributed by atoms with Crippen LogP contribution in [0.3, 0.4) is 0 Å². The maximum atomic E-state index is 11.9. The van der Waals surface area contributed by atoms with Gasteiger partial charge in [0.15, 0.2) is 11.5 Å². The van der Waals surface area contributed by atoms with Crippen LogP contribution in [0.2, 0.25) is 0 Å². The van der Waals surface area contributed by atoms with E-state index in [-0.39, 0.29) is 39.0 Å². The molecule has 2 rings (SSSR count). The van der Waals surface area contributed by atoms with Crippen LogP contribution in [0.15, 0.2) is 24.3 Å². The van der Waals surface area contributed by atoms with Gasteiger partial charge in [0.2, 0.25) is 12.7 Å². The summed E-state index contributed by atoms with van der Waals surface area (Å²) in [4.78, 5) is 13.3. The monoisotopic (exact) mass is 279 g/mol. The Balaban J connectivity index is 2.02. The van der Waals surface area contributed by atoms with E-state index in [2.05, 4.69) is 0 Å². The maximum absolute atomic E-state index is 11.9. The molecule has 0 spiro atoms. The first kappa shape index (κ1) is 14.4. The Kier molecular flexibility index (Phi) is 4.97. The molecule has 0 aliphatic carbocycles. The fourth-order valence-corrected chi connectivity index (χ4v) is 1.86. The van der Waals surface area contributed by atoms with Crippen LogP contribution in [0.4, 0.5) is 0 Å². The molecule has 108 valence electrons. The highest BCUT2D eigenvalue weighted by Gasteiger charge is 2.13. The van der Waals surface area contributed by atoms with Gasteiger partial charge in [-0.2, -0.15) is 0 Å². The Morgan fingerprint density at radius 2 is 1.90 bits per heavy atom. The van der Waals surface area contributed by atoms with Gasteiger partial charge in [-0.15, -0.1) is 0 Å². The minimum atomic E-state index is -0.259. The summed E-state index contributed by atoms with van der Waals surface area (Å²) in [5.74, 6) is 1.09. The molecule has 6 nitrogen and oxygen atoms in total. The summed E-state index contributed by atoms with van der Waals surface area (Å²) in [7, 11) is 0. The van der Waals surface area contributed by atoms with E-state index in [1.54, 1.807) is 18.2 Å². The average molecular weight is 279 g/mol. The van der Waals surface area contributed by atoms with Gasteiger partial charge in [-0.25, -0.2) is 0 Å². The average Bonchev–Trinajstić information content (AvgIpc) is 2.92. The van der Waals surface area contributed by atoms with Crippen LogP contribution in [0, 0.1) is 0 Å². The second-order valence-corrected chi connectivity index (χ2v) is 4.22. The Labute approximate surface area is 116 Å². The van der Waals surface area contributed by atoms with E-state index >= 15 is 0 Å². The standard InChI is InChI=1S/C14H17NO5/c16-7-5-15(6-8-17)14(18)4-2-11-1-3-12-13(9-11)20-10-19-12/h1-4,9,16-17H,5-8,10H2. The number of nitrogens with zero attached hydrogens (tertiary/aromatic N) is 1. The second-order valence-electron chi connectivity index (χ2n) is 4.22. The molecule has 0 aromatic heterocycles. The van der Waals surface area contributed by atoms with Crippen LogP contribution < -0.4 is 9.47 Å². The summed E-state index contributed by atoms with van der Waals surface area (Å²) in [5.41, 5.74) is 0.815. The third-order valence-electron chi connectivity index (χ3n) is 2.87. The number of carbonyl (C=O) groups excluding carboxylic acids is 1. The number of aliphatic hydroxyl groups is 2. The number of hydrogen-bond acceptors (Lipinski definition) is 5. The molecule has 6 heteroatoms. The quantitative estimate of drug-likeness (QED) is 0.729. The first-order valence-electron chi connectivity index (χ1n) is 6.33. The maximum Gasteiger partial charge on any atom is 0.246 e. The van der Waals surface area contributed by atoms with Gasteiger partial charge < -0.3 is 24.6 Å². The summed E-state index contributed by atoms with van der Waals surface area (Å²) in [5, 5.41) is 17.7. The van der Waals surface area contributed by atoms with Gasteiger partial charge >= 0.3 is 0 Å². The van der Waals surface area contributed by atoms with Crippen molar-refractivity contribution in [2.45, 2.75) is 0 Å². The zero-order chi connectivity index (χ0) is 14.4. The zero-order valence-electron chi connectivity index (χ0n) is 11.0. The molecule has 1 aromatic carbocycles. The highest BCUT2D eigenvalue weighted by atomic mass is 16.7. The predicted molar refractivity (Wildman–Crippen MR) is 72.4 cm³/mol. The SMILES string of the molecule is O=C(C=Cc1ccc2c(c1)OCO2)N(CCO)CCO. The Hall–Kier alpha value is -2.05. The largest absolute Gasteiger partial charge is 0.454 e. The van der Waals surface area contributed by atoms with Gasteiger partial charge in [0.25, 0.3) is 0 Å². The summed E-state index contributed by atoms with van der Waals surface area (Å²) in [6.45, 7) is 0.338. The van der Waals surface area contributed by atoms with Crippen LogP contribution in [0.1, 0.15) is 5.56 Å². The van der Waals surface area contributed by atoms with Gasteiger partial charge in [0.05, 0.1) is 13.2 Å². The van der Waals surface area contributed by atoms with Crippen molar-refractivity contribution in [2.75, 3.05) is 33.1 Å². The Bertz CT molecular complexity index is 494. The van der Waals surface area contributed by atoms with Crippen LogP contribution >= 0.6 is 0 Å². The summed E-state index contributed by atoms with van der Waals surface area (Å²) >= 11 is 0. The molecule has 0 bridgehead atoms. The molecular formula is C14H17NO5. The first-order chi connectivity index (χ1) is 9.74. The number of aliphatic hydroxyl groups excluding tert-OH is 2. The van der Waals surface area contributed by atoms with E-state index in [0.29, 0.717) is 11.5 Å². The number of rotatable bonds is 6. The third kappa shape index (κ3) is 3.49. The molecule has 1 heterocycles. The van der Waals surface area contributed by atoms with E-state index in [1.807, 2.05) is 6.07 Å². The summed E-state index contributed by atoms with van der Waals surface area (Å²) < 4.78 is 10.5. The Morgan fingerprint density at radius 3 is 2.60 bits per heavy atom. The molecule has 0 atom stereocenters. The number of carbonyl (C=O) groups is 1. The van der Waals surface area contributed by atoms with Crippen molar-refractivity contribution in [3.63, 3.8) is 0 Å². The highest BCUT2D eigenvalue weighted by Crippen LogP contribution is 2.32. The van der Waals surface area contributed by atoms with Crippen molar-refractivity contribution in [3.8, 4) is 11.5 Å². The van der Waals surface area contributed by atoms with Crippen LogP contribution in [-0.4, -0.2) is 54.1 Å². The molecule has 2 N–H and O–H groups in total. The number of amides is 1. The molecule has 0 saturated heterocycles. The lowest BCUT2D eigenvalue weighted by Crippen LogP contribution is -2.34. The molecule has 20 heavy (non-hydrogen) atoms. The molecule has 1 aromatic rings. The third-order valence-corrected chi connectivity index (χ3v) is 2.87. The lowest BCUT2D eigenvalue weighted by atomic mass is 10.2. The van der Waals surface area contributed by atoms with Crippen molar-refractivity contribution in [3.05, 3.63) is 29.8 Å². The molecule has 0 saturated carbocycles. The number of benzene rings is 1. The molecular weight excluding hydrogens is 262 g/mol. The molecule has 0 fully saturated rings. The van der Waals surface area contributed by atoms with E-state index < -0.39 is 0 Å². The van der Waals surface area contributed by atoms with Gasteiger partial charge in [-0.1, -0.05) is 6.07 Å². The molecule has 1 aliphatic rings. The number of hydrogen-bond donors (Lipinski definition) is 2. The van der Waals surface area contributed by atoms with Gasteiger partial charge in [-0.05, 0) is 23.8 Å². The minimum Gasteiger partial charge on any atom is -0.454 e. The van der Waals surface area contributed by atoms with Crippen LogP contribution in [-0.2, 0) is 4.79 Å². The minimum absolute atomic E-state index is 0.135. The lowest BCUT2D eigenvalue weighted by Gasteiger charge is -2.18. The van der Waals surface area contributed by atoms with Crippen LogP contribution in [0.25, 0.3) is 6.08 Å². The topological polar surface area (TPSA) is 79.2 Å². The van der Waals surface area contributed by atoms with Crippen molar-refractivity contribution in [1.82, 2.24) is 4.90 Å². The van der Waals surface area contributed by atoms with Gasteiger partial charge in [0.1, 0.15) is 0 Å². The predicted octanol–water partition coefficient (Wildman–Crippen LogP) is 0.242.